The first-order valence-corrected chi connectivity index (χ1v) is 13.1. The van der Waals surface area contributed by atoms with Gasteiger partial charge in [-0.1, -0.05) is 35.9 Å². The number of carbonyl (C=O) groups is 1. The molecule has 2 heterocycles. The summed E-state index contributed by atoms with van der Waals surface area (Å²) < 4.78 is 44.2. The Morgan fingerprint density at radius 3 is 2.67 bits per heavy atom. The first kappa shape index (κ1) is 25.5. The summed E-state index contributed by atoms with van der Waals surface area (Å²) in [6.45, 7) is 6.78. The van der Waals surface area contributed by atoms with E-state index in [0.717, 1.165) is 5.56 Å². The zero-order valence-electron chi connectivity index (χ0n) is 20.3. The van der Waals surface area contributed by atoms with Gasteiger partial charge in [-0.2, -0.15) is 0 Å². The topological polar surface area (TPSA) is 100.0 Å². The van der Waals surface area contributed by atoms with Crippen LogP contribution >= 0.6 is 0 Å². The zero-order chi connectivity index (χ0) is 25.7. The van der Waals surface area contributed by atoms with Crippen molar-refractivity contribution in [3.8, 4) is 11.5 Å². The van der Waals surface area contributed by atoms with Crippen LogP contribution in [-0.2, 0) is 33.4 Å². The number of hydrogen-bond acceptors (Lipinski definition) is 7. The van der Waals surface area contributed by atoms with Gasteiger partial charge in [0.15, 0.2) is 11.5 Å². The lowest BCUT2D eigenvalue weighted by Crippen LogP contribution is -2.32. The monoisotopic (exact) mass is 511 g/mol. The van der Waals surface area contributed by atoms with Gasteiger partial charge < -0.3 is 23.7 Å². The molecule has 190 valence electrons. The number of ether oxygens (including phenoxy) is 3. The second kappa shape index (κ2) is 11.0. The number of sulfone groups is 1. The lowest BCUT2D eigenvalue weighted by molar-refractivity contribution is 0.0757. The second-order valence-electron chi connectivity index (χ2n) is 8.46. The number of methoxy groups -OCH3 is 1. The smallest absolute Gasteiger partial charge is 0.254 e. The molecule has 3 aromatic rings. The van der Waals surface area contributed by atoms with Gasteiger partial charge in [0, 0.05) is 25.8 Å². The number of amides is 1. The molecule has 0 spiro atoms. The summed E-state index contributed by atoms with van der Waals surface area (Å²) in [5.41, 5.74) is 2.73. The van der Waals surface area contributed by atoms with E-state index >= 15 is 0 Å². The number of benzene rings is 2. The number of carbonyl (C=O) groups excluding carboxylic acids is 1. The van der Waals surface area contributed by atoms with E-state index in [1.807, 2.05) is 19.1 Å². The van der Waals surface area contributed by atoms with E-state index in [1.165, 1.54) is 6.20 Å². The lowest BCUT2D eigenvalue weighted by Gasteiger charge is -2.22. The number of imidazole rings is 1. The van der Waals surface area contributed by atoms with Gasteiger partial charge in [-0.3, -0.25) is 4.79 Å². The van der Waals surface area contributed by atoms with Gasteiger partial charge in [0.05, 0.1) is 30.8 Å². The number of rotatable bonds is 11. The van der Waals surface area contributed by atoms with Gasteiger partial charge in [0.25, 0.3) is 5.91 Å². The van der Waals surface area contributed by atoms with Crippen LogP contribution in [0.25, 0.3) is 0 Å². The minimum absolute atomic E-state index is 0.0517. The molecule has 0 radical (unpaired) electrons. The van der Waals surface area contributed by atoms with Gasteiger partial charge in [0.2, 0.25) is 21.8 Å². The van der Waals surface area contributed by atoms with Crippen LogP contribution in [-0.4, -0.2) is 55.8 Å². The van der Waals surface area contributed by atoms with E-state index in [9.17, 15) is 13.2 Å². The molecule has 0 unspecified atom stereocenters. The van der Waals surface area contributed by atoms with Gasteiger partial charge >= 0.3 is 0 Å². The molecule has 0 aliphatic carbocycles. The Labute approximate surface area is 210 Å². The average molecular weight is 512 g/mol. The van der Waals surface area contributed by atoms with Crippen LogP contribution in [0.3, 0.4) is 0 Å². The van der Waals surface area contributed by atoms with Crippen molar-refractivity contribution in [2.75, 3.05) is 27.1 Å². The molecule has 0 bridgehead atoms. The summed E-state index contributed by atoms with van der Waals surface area (Å²) in [5, 5.41) is -0.0517. The number of fused-ring (bicyclic) bond motifs is 1. The summed E-state index contributed by atoms with van der Waals surface area (Å²) in [5.74, 6) is 0.664. The molecule has 0 saturated carbocycles. The van der Waals surface area contributed by atoms with E-state index < -0.39 is 9.84 Å². The minimum atomic E-state index is -3.75. The molecule has 1 aliphatic heterocycles. The fourth-order valence-corrected chi connectivity index (χ4v) is 5.46. The molecule has 2 aromatic carbocycles. The SMILES string of the molecule is C=CCN(Cc1cnc(S(=O)(=O)Cc2ccc(C)cc2)n1CCOC)C(=O)c1ccc2c(c1)OCO2. The number of hydrogen-bond donors (Lipinski definition) is 0. The van der Waals surface area contributed by atoms with Crippen molar-refractivity contribution >= 4 is 15.7 Å². The van der Waals surface area contributed by atoms with Crippen LogP contribution in [0.2, 0.25) is 0 Å². The van der Waals surface area contributed by atoms with E-state index in [1.54, 1.807) is 53.0 Å². The summed E-state index contributed by atoms with van der Waals surface area (Å²) in [4.78, 5) is 19.2. The summed E-state index contributed by atoms with van der Waals surface area (Å²) in [7, 11) is -2.21. The molecule has 0 fully saturated rings. The van der Waals surface area contributed by atoms with Gasteiger partial charge in [-0.25, -0.2) is 13.4 Å². The van der Waals surface area contributed by atoms with Crippen molar-refractivity contribution in [1.82, 2.24) is 14.5 Å². The predicted molar refractivity (Wildman–Crippen MR) is 134 cm³/mol. The predicted octanol–water partition coefficient (Wildman–Crippen LogP) is 3.37. The Hall–Kier alpha value is -3.63. The summed E-state index contributed by atoms with van der Waals surface area (Å²) in [6.07, 6.45) is 3.12. The van der Waals surface area contributed by atoms with Crippen molar-refractivity contribution in [3.05, 3.63) is 83.7 Å². The first-order valence-electron chi connectivity index (χ1n) is 11.4. The maximum atomic E-state index is 13.3. The Bertz CT molecular complexity index is 1350. The Morgan fingerprint density at radius 1 is 1.19 bits per heavy atom. The normalized spacial score (nSPS) is 12.5. The summed E-state index contributed by atoms with van der Waals surface area (Å²) in [6, 6.07) is 12.4. The Morgan fingerprint density at radius 2 is 1.94 bits per heavy atom. The first-order chi connectivity index (χ1) is 17.3. The second-order valence-corrected chi connectivity index (χ2v) is 10.3. The standard InChI is InChI=1S/C26H29N3O6S/c1-4-11-28(25(30)21-9-10-23-24(14-21)35-18-34-23)16-22-15-27-26(29(22)12-13-33-3)36(31,32)17-20-7-5-19(2)6-8-20/h4-10,14-15H,1,11-13,16-18H2,2-3H3. The average Bonchev–Trinajstić information content (AvgIpc) is 3.50. The van der Waals surface area contributed by atoms with Gasteiger partial charge in [0.1, 0.15) is 0 Å². The fraction of sp³-hybridized carbons (Fsp3) is 0.308. The molecule has 0 saturated heterocycles. The maximum absolute atomic E-state index is 13.3. The highest BCUT2D eigenvalue weighted by Gasteiger charge is 2.26. The number of nitrogens with zero attached hydrogens (tertiary/aromatic N) is 3. The minimum Gasteiger partial charge on any atom is -0.454 e. The van der Waals surface area contributed by atoms with Crippen LogP contribution in [0.15, 0.2) is 66.5 Å². The van der Waals surface area contributed by atoms with Crippen molar-refractivity contribution in [3.63, 3.8) is 0 Å². The van der Waals surface area contributed by atoms with E-state index in [4.69, 9.17) is 14.2 Å². The highest BCUT2D eigenvalue weighted by Crippen LogP contribution is 2.33. The largest absolute Gasteiger partial charge is 0.454 e. The molecular weight excluding hydrogens is 482 g/mol. The fourth-order valence-electron chi connectivity index (χ4n) is 3.94. The highest BCUT2D eigenvalue weighted by atomic mass is 32.2. The molecule has 0 atom stereocenters. The highest BCUT2D eigenvalue weighted by molar-refractivity contribution is 7.90. The molecule has 36 heavy (non-hydrogen) atoms. The van der Waals surface area contributed by atoms with Gasteiger partial charge in [-0.15, -0.1) is 6.58 Å². The number of aromatic nitrogens is 2. The molecule has 1 aliphatic rings. The third kappa shape index (κ3) is 5.60. The molecule has 1 amide bonds. The molecule has 4 rings (SSSR count). The van der Waals surface area contributed by atoms with E-state index in [0.29, 0.717) is 28.3 Å². The third-order valence-electron chi connectivity index (χ3n) is 5.79. The van der Waals surface area contributed by atoms with Crippen LogP contribution in [0.5, 0.6) is 11.5 Å². The molecule has 10 heteroatoms. The Kier molecular flexibility index (Phi) is 7.76. The molecule has 0 N–H and O–H groups in total. The van der Waals surface area contributed by atoms with Crippen LogP contribution < -0.4 is 9.47 Å². The zero-order valence-corrected chi connectivity index (χ0v) is 21.2. The quantitative estimate of drug-likeness (QED) is 0.364. The van der Waals surface area contributed by atoms with E-state index in [-0.39, 0.29) is 49.9 Å². The number of aryl methyl sites for hydroxylation is 1. The van der Waals surface area contributed by atoms with Crippen molar-refractivity contribution in [2.45, 2.75) is 30.9 Å². The van der Waals surface area contributed by atoms with Gasteiger partial charge in [-0.05, 0) is 30.7 Å². The third-order valence-corrected chi connectivity index (χ3v) is 7.38. The molecule has 1 aromatic heterocycles. The van der Waals surface area contributed by atoms with Crippen molar-refractivity contribution < 1.29 is 27.4 Å². The molecular formula is C26H29N3O6S. The van der Waals surface area contributed by atoms with Crippen LogP contribution in [0.1, 0.15) is 27.2 Å². The van der Waals surface area contributed by atoms with E-state index in [2.05, 4.69) is 11.6 Å². The van der Waals surface area contributed by atoms with Crippen LogP contribution in [0.4, 0.5) is 0 Å². The van der Waals surface area contributed by atoms with Crippen molar-refractivity contribution in [2.24, 2.45) is 0 Å². The lowest BCUT2D eigenvalue weighted by atomic mass is 10.1. The Balaban J connectivity index is 1.62. The van der Waals surface area contributed by atoms with Crippen LogP contribution in [0, 0.1) is 6.92 Å². The van der Waals surface area contributed by atoms with Crippen molar-refractivity contribution in [1.29, 1.82) is 0 Å². The molecule has 9 nitrogen and oxygen atoms in total. The summed E-state index contributed by atoms with van der Waals surface area (Å²) >= 11 is 0. The maximum Gasteiger partial charge on any atom is 0.254 e.